The van der Waals surface area contributed by atoms with Crippen LogP contribution in [0.5, 0.6) is 0 Å². The number of nitrogens with one attached hydrogen (secondary N) is 1. The molecule has 3 nitrogen and oxygen atoms in total. The van der Waals surface area contributed by atoms with Crippen LogP contribution in [0.4, 0.5) is 10.1 Å². The van der Waals surface area contributed by atoms with Crippen LogP contribution in [0.25, 0.3) is 0 Å². The Hall–Kier alpha value is -2.19. The Balaban J connectivity index is 2.15. The summed E-state index contributed by atoms with van der Waals surface area (Å²) in [6.07, 6.45) is -1.08. The summed E-state index contributed by atoms with van der Waals surface area (Å²) >= 11 is 1.20. The number of alkyl halides is 1. The predicted molar refractivity (Wildman–Crippen MR) is 73.0 cm³/mol. The number of nitrogens with zero attached hydrogens (tertiary/aromatic N) is 1. The molecule has 96 valence electrons. The molecule has 1 amide bonds. The van der Waals surface area contributed by atoms with E-state index in [0.717, 1.165) is 0 Å². The molecule has 0 aliphatic rings. The topological polar surface area (TPSA) is 52.9 Å². The fourth-order valence-corrected chi connectivity index (χ4v) is 2.30. The predicted octanol–water partition coefficient (Wildman–Crippen LogP) is 3.90. The zero-order chi connectivity index (χ0) is 13.8. The number of thiophene rings is 1. The first-order valence-electron chi connectivity index (χ1n) is 5.64. The van der Waals surface area contributed by atoms with Gasteiger partial charge in [0.25, 0.3) is 5.91 Å². The zero-order valence-electron chi connectivity index (χ0n) is 10.2. The molecule has 0 fully saturated rings. The van der Waals surface area contributed by atoms with Crippen molar-refractivity contribution in [1.29, 1.82) is 5.26 Å². The van der Waals surface area contributed by atoms with Crippen LogP contribution in [0.2, 0.25) is 0 Å². The van der Waals surface area contributed by atoms with Crippen LogP contribution in [0, 0.1) is 11.3 Å². The number of nitriles is 1. The highest BCUT2D eigenvalue weighted by Crippen LogP contribution is 2.21. The number of anilines is 1. The highest BCUT2D eigenvalue weighted by atomic mass is 32.1. The molecule has 2 aromatic rings. The summed E-state index contributed by atoms with van der Waals surface area (Å²) in [5.41, 5.74) is 1.52. The third kappa shape index (κ3) is 3.18. The Bertz CT molecular complexity index is 643. The highest BCUT2D eigenvalue weighted by molar-refractivity contribution is 7.12. The SMILES string of the molecule is CC(F)c1cccc(NC(=O)c2cc(C#N)cs2)c1. The summed E-state index contributed by atoms with van der Waals surface area (Å²) in [7, 11) is 0. The number of hydrogen-bond acceptors (Lipinski definition) is 3. The van der Waals surface area contributed by atoms with Gasteiger partial charge < -0.3 is 5.32 Å². The number of halogens is 1. The third-order valence-electron chi connectivity index (χ3n) is 2.56. The van der Waals surface area contributed by atoms with E-state index in [4.69, 9.17) is 5.26 Å². The molecule has 1 heterocycles. The van der Waals surface area contributed by atoms with Crippen LogP contribution >= 0.6 is 11.3 Å². The van der Waals surface area contributed by atoms with Crippen molar-refractivity contribution in [3.05, 3.63) is 51.7 Å². The van der Waals surface area contributed by atoms with E-state index in [1.54, 1.807) is 29.6 Å². The summed E-state index contributed by atoms with van der Waals surface area (Å²) in [5.74, 6) is -0.296. The molecule has 19 heavy (non-hydrogen) atoms. The molecular weight excluding hydrogens is 263 g/mol. The molecule has 0 radical (unpaired) electrons. The Kier molecular flexibility index (Phi) is 3.93. The number of hydrogen-bond donors (Lipinski definition) is 1. The molecule has 5 heteroatoms. The second-order valence-electron chi connectivity index (χ2n) is 4.01. The maximum absolute atomic E-state index is 13.2. The molecule has 0 bridgehead atoms. The second-order valence-corrected chi connectivity index (χ2v) is 4.92. The molecule has 1 unspecified atom stereocenters. The standard InChI is InChI=1S/C14H11FN2OS/c1-9(15)11-3-2-4-12(6-11)17-14(18)13-5-10(7-16)8-19-13/h2-6,8-9H,1H3,(H,17,18). The lowest BCUT2D eigenvalue weighted by Crippen LogP contribution is -2.10. The third-order valence-corrected chi connectivity index (χ3v) is 3.49. The van der Waals surface area contributed by atoms with Crippen molar-refractivity contribution in [2.45, 2.75) is 13.1 Å². The van der Waals surface area contributed by atoms with E-state index >= 15 is 0 Å². The Morgan fingerprint density at radius 1 is 1.47 bits per heavy atom. The number of rotatable bonds is 3. The summed E-state index contributed by atoms with van der Waals surface area (Å²) in [4.78, 5) is 12.4. The highest BCUT2D eigenvalue weighted by Gasteiger charge is 2.10. The van der Waals surface area contributed by atoms with E-state index in [2.05, 4.69) is 5.32 Å². The van der Waals surface area contributed by atoms with Crippen molar-refractivity contribution < 1.29 is 9.18 Å². The maximum Gasteiger partial charge on any atom is 0.265 e. The second kappa shape index (κ2) is 5.63. The first-order valence-corrected chi connectivity index (χ1v) is 6.52. The van der Waals surface area contributed by atoms with E-state index in [9.17, 15) is 9.18 Å². The molecule has 1 N–H and O–H groups in total. The van der Waals surface area contributed by atoms with Gasteiger partial charge in [-0.15, -0.1) is 11.3 Å². The first-order chi connectivity index (χ1) is 9.10. The van der Waals surface area contributed by atoms with Crippen LogP contribution in [-0.4, -0.2) is 5.91 Å². The molecule has 1 aromatic carbocycles. The molecule has 0 aliphatic carbocycles. The minimum Gasteiger partial charge on any atom is -0.321 e. The fourth-order valence-electron chi connectivity index (χ4n) is 1.57. The van der Waals surface area contributed by atoms with Gasteiger partial charge in [-0.3, -0.25) is 4.79 Å². The van der Waals surface area contributed by atoms with Crippen LogP contribution in [0.3, 0.4) is 0 Å². The van der Waals surface area contributed by atoms with Gasteiger partial charge in [0.2, 0.25) is 0 Å². The fraction of sp³-hybridized carbons (Fsp3) is 0.143. The summed E-state index contributed by atoms with van der Waals surface area (Å²) in [6, 6.07) is 10.2. The van der Waals surface area contributed by atoms with E-state index in [1.807, 2.05) is 6.07 Å². The number of carbonyl (C=O) groups is 1. The van der Waals surface area contributed by atoms with E-state index in [1.165, 1.54) is 24.3 Å². The van der Waals surface area contributed by atoms with Crippen LogP contribution in [0.15, 0.2) is 35.7 Å². The van der Waals surface area contributed by atoms with Gasteiger partial charge in [-0.1, -0.05) is 12.1 Å². The number of benzene rings is 1. The molecule has 0 spiro atoms. The van der Waals surface area contributed by atoms with Gasteiger partial charge in [0, 0.05) is 11.1 Å². The van der Waals surface area contributed by atoms with Crippen molar-refractivity contribution in [1.82, 2.24) is 0 Å². The Labute approximate surface area is 114 Å². The lowest BCUT2D eigenvalue weighted by Gasteiger charge is -2.07. The van der Waals surface area contributed by atoms with E-state index < -0.39 is 6.17 Å². The van der Waals surface area contributed by atoms with Crippen molar-refractivity contribution in [3.63, 3.8) is 0 Å². The van der Waals surface area contributed by atoms with Crippen LogP contribution in [0.1, 0.15) is 33.9 Å². The largest absolute Gasteiger partial charge is 0.321 e. The van der Waals surface area contributed by atoms with Crippen LogP contribution < -0.4 is 5.32 Å². The van der Waals surface area contributed by atoms with Gasteiger partial charge in [0.15, 0.2) is 0 Å². The lowest BCUT2D eigenvalue weighted by atomic mass is 10.1. The summed E-state index contributed by atoms with van der Waals surface area (Å²) < 4.78 is 13.2. The number of amides is 1. The van der Waals surface area contributed by atoms with Gasteiger partial charge in [-0.2, -0.15) is 5.26 Å². The minimum absolute atomic E-state index is 0.296. The molecule has 0 aliphatic heterocycles. The Morgan fingerprint density at radius 3 is 2.89 bits per heavy atom. The molecular formula is C14H11FN2OS. The maximum atomic E-state index is 13.2. The van der Waals surface area contributed by atoms with Gasteiger partial charge in [-0.05, 0) is 30.7 Å². The molecule has 1 atom stereocenters. The molecule has 2 rings (SSSR count). The summed E-state index contributed by atoms with van der Waals surface area (Å²) in [6.45, 7) is 1.44. The van der Waals surface area contributed by atoms with Gasteiger partial charge in [-0.25, -0.2) is 4.39 Å². The van der Waals surface area contributed by atoms with E-state index in [-0.39, 0.29) is 5.91 Å². The number of carbonyl (C=O) groups excluding carboxylic acids is 1. The van der Waals surface area contributed by atoms with Crippen molar-refractivity contribution >= 4 is 22.9 Å². The van der Waals surface area contributed by atoms with Crippen molar-refractivity contribution in [2.75, 3.05) is 5.32 Å². The zero-order valence-corrected chi connectivity index (χ0v) is 11.0. The molecule has 1 aromatic heterocycles. The summed E-state index contributed by atoms with van der Waals surface area (Å²) in [5, 5.41) is 13.0. The van der Waals surface area contributed by atoms with Crippen LogP contribution in [-0.2, 0) is 0 Å². The molecule has 0 saturated carbocycles. The van der Waals surface area contributed by atoms with Gasteiger partial charge in [0.05, 0.1) is 10.4 Å². The normalized spacial score (nSPS) is 11.6. The van der Waals surface area contributed by atoms with Crippen molar-refractivity contribution in [3.8, 4) is 6.07 Å². The average Bonchev–Trinajstić information content (AvgIpc) is 2.88. The Morgan fingerprint density at radius 2 is 2.26 bits per heavy atom. The lowest BCUT2D eigenvalue weighted by molar-refractivity contribution is 0.103. The monoisotopic (exact) mass is 274 g/mol. The van der Waals surface area contributed by atoms with Crippen molar-refractivity contribution in [2.24, 2.45) is 0 Å². The van der Waals surface area contributed by atoms with Gasteiger partial charge >= 0.3 is 0 Å². The van der Waals surface area contributed by atoms with Gasteiger partial charge in [0.1, 0.15) is 12.2 Å². The van der Waals surface area contributed by atoms with E-state index in [0.29, 0.717) is 21.7 Å². The molecule has 0 saturated heterocycles. The first kappa shape index (κ1) is 13.2. The quantitative estimate of drug-likeness (QED) is 0.922. The minimum atomic E-state index is -1.08. The average molecular weight is 274 g/mol. The smallest absolute Gasteiger partial charge is 0.265 e.